The van der Waals surface area contributed by atoms with E-state index >= 15 is 0 Å². The molecule has 0 unspecified atom stereocenters. The SMILES string of the molecule is CSc1ccc([N+](=O)[O-])cc1OCCCCNc1nc(Cl)ncc1Br. The predicted molar refractivity (Wildman–Crippen MR) is 103 cm³/mol. The minimum atomic E-state index is -0.425. The first-order valence-electron chi connectivity index (χ1n) is 7.38. The third kappa shape index (κ3) is 6.02. The van der Waals surface area contributed by atoms with Gasteiger partial charge in [0.25, 0.3) is 5.69 Å². The first kappa shape index (κ1) is 19.7. The topological polar surface area (TPSA) is 90.2 Å². The maximum Gasteiger partial charge on any atom is 0.273 e. The zero-order valence-electron chi connectivity index (χ0n) is 13.4. The van der Waals surface area contributed by atoms with Crippen molar-refractivity contribution in [3.05, 3.63) is 44.3 Å². The van der Waals surface area contributed by atoms with Gasteiger partial charge in [-0.25, -0.2) is 4.98 Å². The van der Waals surface area contributed by atoms with Gasteiger partial charge in [-0.3, -0.25) is 10.1 Å². The highest BCUT2D eigenvalue weighted by Crippen LogP contribution is 2.31. The van der Waals surface area contributed by atoms with E-state index in [2.05, 4.69) is 31.2 Å². The van der Waals surface area contributed by atoms with E-state index in [1.165, 1.54) is 23.9 Å². The molecule has 0 saturated heterocycles. The number of ether oxygens (including phenoxy) is 1. The quantitative estimate of drug-likeness (QED) is 0.194. The van der Waals surface area contributed by atoms with Crippen LogP contribution in [0.1, 0.15) is 12.8 Å². The number of thioether (sulfide) groups is 1. The highest BCUT2D eigenvalue weighted by Gasteiger charge is 2.11. The number of nitro benzene ring substituents is 1. The average Bonchev–Trinajstić information content (AvgIpc) is 2.60. The molecule has 2 rings (SSSR count). The lowest BCUT2D eigenvalue weighted by Crippen LogP contribution is -2.07. The minimum Gasteiger partial charge on any atom is -0.492 e. The number of nitro groups is 1. The Bertz CT molecular complexity index is 751. The number of halogens is 2. The summed E-state index contributed by atoms with van der Waals surface area (Å²) in [6.45, 7) is 1.17. The van der Waals surface area contributed by atoms with Gasteiger partial charge in [-0.15, -0.1) is 11.8 Å². The van der Waals surface area contributed by atoms with Crippen LogP contribution in [0.4, 0.5) is 11.5 Å². The second-order valence-corrected chi connectivity index (χ2v) is 6.95. The lowest BCUT2D eigenvalue weighted by Gasteiger charge is -2.10. The zero-order valence-corrected chi connectivity index (χ0v) is 16.5. The molecule has 0 amide bonds. The van der Waals surface area contributed by atoms with Crippen molar-refractivity contribution < 1.29 is 9.66 Å². The standard InChI is InChI=1S/C15H16BrClN4O3S/c1-25-13-5-4-10(21(22)23)8-12(13)24-7-3-2-6-18-14-11(16)9-19-15(17)20-14/h4-5,8-9H,2-3,6-7H2,1H3,(H,18,19,20). The number of hydrogen-bond donors (Lipinski definition) is 1. The summed E-state index contributed by atoms with van der Waals surface area (Å²) in [5.41, 5.74) is 0.0277. The summed E-state index contributed by atoms with van der Waals surface area (Å²) >= 11 is 10.6. The molecule has 25 heavy (non-hydrogen) atoms. The number of unbranched alkanes of at least 4 members (excludes halogenated alkanes) is 1. The molecule has 0 aliphatic rings. The van der Waals surface area contributed by atoms with Crippen LogP contribution < -0.4 is 10.1 Å². The van der Waals surface area contributed by atoms with E-state index in [1.54, 1.807) is 12.3 Å². The van der Waals surface area contributed by atoms with Gasteiger partial charge < -0.3 is 10.1 Å². The van der Waals surface area contributed by atoms with Gasteiger partial charge in [0.15, 0.2) is 0 Å². The summed E-state index contributed by atoms with van der Waals surface area (Å²) in [6.07, 6.45) is 5.13. The van der Waals surface area contributed by atoms with Gasteiger partial charge in [0.05, 0.1) is 22.1 Å². The Kier molecular flexibility index (Phi) is 7.73. The van der Waals surface area contributed by atoms with E-state index in [-0.39, 0.29) is 11.0 Å². The summed E-state index contributed by atoms with van der Waals surface area (Å²) in [7, 11) is 0. The van der Waals surface area contributed by atoms with Crippen molar-refractivity contribution in [3.8, 4) is 5.75 Å². The van der Waals surface area contributed by atoms with Crippen LogP contribution >= 0.6 is 39.3 Å². The van der Waals surface area contributed by atoms with Crippen LogP contribution in [0, 0.1) is 10.1 Å². The number of anilines is 1. The molecule has 0 atom stereocenters. The van der Waals surface area contributed by atoms with Gasteiger partial charge in [0, 0.05) is 23.7 Å². The number of benzene rings is 1. The molecule has 1 heterocycles. The molecule has 0 aliphatic heterocycles. The van der Waals surface area contributed by atoms with Crippen molar-refractivity contribution in [1.82, 2.24) is 9.97 Å². The van der Waals surface area contributed by atoms with Crippen LogP contribution in [0.3, 0.4) is 0 Å². The van der Waals surface area contributed by atoms with Gasteiger partial charge in [0.2, 0.25) is 5.28 Å². The fraction of sp³-hybridized carbons (Fsp3) is 0.333. The molecular formula is C15H16BrClN4O3S. The predicted octanol–water partition coefficient (Wildman–Crippen LogP) is 4.79. The number of aromatic nitrogens is 2. The Morgan fingerprint density at radius 1 is 1.44 bits per heavy atom. The Morgan fingerprint density at radius 2 is 2.24 bits per heavy atom. The maximum absolute atomic E-state index is 10.9. The molecule has 1 N–H and O–H groups in total. The van der Waals surface area contributed by atoms with Crippen molar-refractivity contribution in [1.29, 1.82) is 0 Å². The number of nitrogens with one attached hydrogen (secondary N) is 1. The van der Waals surface area contributed by atoms with Gasteiger partial charge in [0.1, 0.15) is 11.6 Å². The van der Waals surface area contributed by atoms with Crippen molar-refractivity contribution in [2.75, 3.05) is 24.7 Å². The van der Waals surface area contributed by atoms with Crippen LogP contribution in [0.15, 0.2) is 33.8 Å². The third-order valence-corrected chi connectivity index (χ3v) is 4.73. The maximum atomic E-state index is 10.9. The summed E-state index contributed by atoms with van der Waals surface area (Å²) in [6, 6.07) is 4.65. The zero-order chi connectivity index (χ0) is 18.2. The smallest absolute Gasteiger partial charge is 0.273 e. The molecule has 0 spiro atoms. The third-order valence-electron chi connectivity index (χ3n) is 3.19. The van der Waals surface area contributed by atoms with E-state index < -0.39 is 4.92 Å². The van der Waals surface area contributed by atoms with Gasteiger partial charge >= 0.3 is 0 Å². The van der Waals surface area contributed by atoms with Crippen LogP contribution in [0.2, 0.25) is 5.28 Å². The molecule has 1 aromatic heterocycles. The van der Waals surface area contributed by atoms with Crippen LogP contribution in [0.5, 0.6) is 5.75 Å². The van der Waals surface area contributed by atoms with Crippen LogP contribution in [0.25, 0.3) is 0 Å². The molecule has 0 aliphatic carbocycles. The molecule has 0 radical (unpaired) electrons. The van der Waals surface area contributed by atoms with E-state index in [0.29, 0.717) is 24.7 Å². The summed E-state index contributed by atoms with van der Waals surface area (Å²) in [5, 5.41) is 14.2. The Labute approximate surface area is 162 Å². The van der Waals surface area contributed by atoms with E-state index in [9.17, 15) is 10.1 Å². The number of non-ortho nitro benzene ring substituents is 1. The highest BCUT2D eigenvalue weighted by molar-refractivity contribution is 9.10. The number of rotatable bonds is 9. The van der Waals surface area contributed by atoms with E-state index in [1.807, 2.05) is 6.26 Å². The molecule has 0 fully saturated rings. The monoisotopic (exact) mass is 446 g/mol. The van der Waals surface area contributed by atoms with Gasteiger partial charge in [-0.1, -0.05) is 0 Å². The molecule has 10 heteroatoms. The Morgan fingerprint density at radius 3 is 2.96 bits per heavy atom. The normalized spacial score (nSPS) is 10.5. The molecule has 1 aromatic carbocycles. The van der Waals surface area contributed by atoms with Crippen molar-refractivity contribution in [3.63, 3.8) is 0 Å². The minimum absolute atomic E-state index is 0.0277. The Hall–Kier alpha value is -1.58. The fourth-order valence-electron chi connectivity index (χ4n) is 1.98. The van der Waals surface area contributed by atoms with Crippen LogP contribution in [-0.2, 0) is 0 Å². The fourth-order valence-corrected chi connectivity index (χ4v) is 2.96. The molecule has 0 bridgehead atoms. The van der Waals surface area contributed by atoms with Gasteiger partial charge in [-0.2, -0.15) is 4.98 Å². The van der Waals surface area contributed by atoms with Gasteiger partial charge in [-0.05, 0) is 52.7 Å². The first-order valence-corrected chi connectivity index (χ1v) is 9.78. The summed E-state index contributed by atoms with van der Waals surface area (Å²) < 4.78 is 6.45. The lowest BCUT2D eigenvalue weighted by molar-refractivity contribution is -0.385. The summed E-state index contributed by atoms with van der Waals surface area (Å²) in [4.78, 5) is 19.3. The van der Waals surface area contributed by atoms with Crippen molar-refractivity contribution in [2.45, 2.75) is 17.7 Å². The molecule has 0 saturated carbocycles. The van der Waals surface area contributed by atoms with Crippen molar-refractivity contribution >= 4 is 50.8 Å². The van der Waals surface area contributed by atoms with E-state index in [4.69, 9.17) is 16.3 Å². The molecule has 7 nitrogen and oxygen atoms in total. The summed E-state index contributed by atoms with van der Waals surface area (Å²) in [5.74, 6) is 1.18. The largest absolute Gasteiger partial charge is 0.492 e. The number of nitrogens with zero attached hydrogens (tertiary/aromatic N) is 3. The molecule has 134 valence electrons. The molecule has 2 aromatic rings. The molecular weight excluding hydrogens is 432 g/mol. The second kappa shape index (κ2) is 9.79. The van der Waals surface area contributed by atoms with E-state index in [0.717, 1.165) is 22.2 Å². The Balaban J connectivity index is 1.78. The first-order chi connectivity index (χ1) is 12.0. The number of hydrogen-bond acceptors (Lipinski definition) is 7. The lowest BCUT2D eigenvalue weighted by atomic mass is 10.3. The second-order valence-electron chi connectivity index (χ2n) is 4.91. The highest BCUT2D eigenvalue weighted by atomic mass is 79.9. The van der Waals surface area contributed by atoms with Crippen molar-refractivity contribution in [2.24, 2.45) is 0 Å². The van der Waals surface area contributed by atoms with Crippen LogP contribution in [-0.4, -0.2) is 34.3 Å². The average molecular weight is 448 g/mol.